The van der Waals surface area contributed by atoms with E-state index in [9.17, 15) is 9.90 Å². The van der Waals surface area contributed by atoms with Gasteiger partial charge in [0.15, 0.2) is 5.78 Å². The summed E-state index contributed by atoms with van der Waals surface area (Å²) in [6.07, 6.45) is 2.13. The number of aliphatic hydroxyl groups excluding tert-OH is 1. The molecule has 0 saturated carbocycles. The van der Waals surface area contributed by atoms with Gasteiger partial charge in [0.25, 0.3) is 0 Å². The molecule has 1 unspecified atom stereocenters. The fraction of sp³-hybridized carbons (Fsp3) is 0.462. The highest BCUT2D eigenvalue weighted by Gasteiger charge is 2.25. The number of rotatable bonds is 3. The Kier molecular flexibility index (Phi) is 3.84. The maximum Gasteiger partial charge on any atom is 0.159 e. The molecule has 1 saturated heterocycles. The number of aliphatic hydroxyl groups is 1. The molecule has 1 aromatic carbocycles. The van der Waals surface area contributed by atoms with Gasteiger partial charge in [-0.05, 0) is 53.9 Å². The van der Waals surface area contributed by atoms with Crippen molar-refractivity contribution in [3.8, 4) is 0 Å². The lowest BCUT2D eigenvalue weighted by molar-refractivity contribution is 0.101. The minimum absolute atomic E-state index is 0.0670. The van der Waals surface area contributed by atoms with Crippen LogP contribution in [0.2, 0.25) is 0 Å². The second-order valence-electron chi connectivity index (χ2n) is 4.39. The molecule has 1 atom stereocenters. The van der Waals surface area contributed by atoms with Gasteiger partial charge in [-0.3, -0.25) is 4.79 Å². The van der Waals surface area contributed by atoms with Crippen LogP contribution in [0.25, 0.3) is 0 Å². The molecule has 1 aliphatic rings. The zero-order chi connectivity index (χ0) is 12.4. The minimum atomic E-state index is 0.0670. The Labute approximate surface area is 110 Å². The summed E-state index contributed by atoms with van der Waals surface area (Å²) in [5.74, 6) is 0.0670. The molecule has 3 nitrogen and oxygen atoms in total. The van der Waals surface area contributed by atoms with Crippen LogP contribution >= 0.6 is 15.9 Å². The van der Waals surface area contributed by atoms with Crippen LogP contribution in [0.3, 0.4) is 0 Å². The third-order valence-electron chi connectivity index (χ3n) is 3.25. The fourth-order valence-corrected chi connectivity index (χ4v) is 2.91. The van der Waals surface area contributed by atoms with Crippen LogP contribution in [0, 0.1) is 0 Å². The van der Waals surface area contributed by atoms with Gasteiger partial charge in [0.1, 0.15) is 0 Å². The second kappa shape index (κ2) is 5.19. The highest BCUT2D eigenvalue weighted by Crippen LogP contribution is 2.32. The number of carbonyl (C=O) groups excluding carboxylic acids is 1. The number of ketones is 1. The maximum absolute atomic E-state index is 11.3. The quantitative estimate of drug-likeness (QED) is 0.872. The van der Waals surface area contributed by atoms with Gasteiger partial charge in [0.2, 0.25) is 0 Å². The molecule has 0 amide bonds. The summed E-state index contributed by atoms with van der Waals surface area (Å²) in [7, 11) is 0. The van der Waals surface area contributed by atoms with Crippen molar-refractivity contribution in [1.29, 1.82) is 0 Å². The number of Topliss-reactive ketones (excluding diaryl/α,β-unsaturated/α-hetero) is 1. The van der Waals surface area contributed by atoms with Crippen LogP contribution in [0.15, 0.2) is 22.7 Å². The summed E-state index contributed by atoms with van der Waals surface area (Å²) < 4.78 is 0.922. The van der Waals surface area contributed by atoms with E-state index < -0.39 is 0 Å². The number of halogens is 1. The van der Waals surface area contributed by atoms with E-state index in [2.05, 4.69) is 20.8 Å². The SMILES string of the molecule is CC(=O)c1ccc(N2CCCC2CO)c(Br)c1. The first-order valence-electron chi connectivity index (χ1n) is 5.81. The lowest BCUT2D eigenvalue weighted by Gasteiger charge is -2.26. The topological polar surface area (TPSA) is 40.5 Å². The Morgan fingerprint density at radius 1 is 1.59 bits per heavy atom. The van der Waals surface area contributed by atoms with Crippen LogP contribution < -0.4 is 4.90 Å². The molecule has 0 bridgehead atoms. The molecule has 1 aromatic rings. The van der Waals surface area contributed by atoms with Crippen LogP contribution in [0.1, 0.15) is 30.1 Å². The van der Waals surface area contributed by atoms with Crippen molar-refractivity contribution in [2.45, 2.75) is 25.8 Å². The average Bonchev–Trinajstić information content (AvgIpc) is 2.76. The lowest BCUT2D eigenvalue weighted by Crippen LogP contribution is -2.32. The van der Waals surface area contributed by atoms with Crippen LogP contribution in [0.4, 0.5) is 5.69 Å². The van der Waals surface area contributed by atoms with Gasteiger partial charge < -0.3 is 10.0 Å². The number of hydrogen-bond acceptors (Lipinski definition) is 3. The van der Waals surface area contributed by atoms with Crippen molar-refractivity contribution in [2.75, 3.05) is 18.1 Å². The molecule has 1 N–H and O–H groups in total. The molecule has 0 spiro atoms. The molecular weight excluding hydrogens is 282 g/mol. The van der Waals surface area contributed by atoms with Crippen molar-refractivity contribution in [3.05, 3.63) is 28.2 Å². The first kappa shape index (κ1) is 12.6. The Bertz CT molecular complexity index is 433. The zero-order valence-corrected chi connectivity index (χ0v) is 11.4. The summed E-state index contributed by atoms with van der Waals surface area (Å²) in [5, 5.41) is 9.32. The largest absolute Gasteiger partial charge is 0.394 e. The summed E-state index contributed by atoms with van der Waals surface area (Å²) in [5.41, 5.74) is 1.77. The standard InChI is InChI=1S/C13H16BrNO2/c1-9(17)10-4-5-13(12(14)7-10)15-6-2-3-11(15)8-16/h4-5,7,11,16H,2-3,6,8H2,1H3. The first-order chi connectivity index (χ1) is 8.13. The van der Waals surface area contributed by atoms with Gasteiger partial charge in [-0.15, -0.1) is 0 Å². The van der Waals surface area contributed by atoms with Crippen molar-refractivity contribution >= 4 is 27.4 Å². The molecule has 4 heteroatoms. The number of hydrogen-bond donors (Lipinski definition) is 1. The van der Waals surface area contributed by atoms with Crippen molar-refractivity contribution < 1.29 is 9.90 Å². The molecule has 0 radical (unpaired) electrons. The normalized spacial score (nSPS) is 19.7. The van der Waals surface area contributed by atoms with E-state index in [-0.39, 0.29) is 18.4 Å². The molecule has 92 valence electrons. The van der Waals surface area contributed by atoms with E-state index in [0.717, 1.165) is 29.5 Å². The van der Waals surface area contributed by atoms with E-state index in [4.69, 9.17) is 0 Å². The van der Waals surface area contributed by atoms with Gasteiger partial charge >= 0.3 is 0 Å². The molecule has 1 fully saturated rings. The van der Waals surface area contributed by atoms with E-state index in [1.807, 2.05) is 18.2 Å². The third kappa shape index (κ3) is 2.53. The van der Waals surface area contributed by atoms with Crippen LogP contribution in [0.5, 0.6) is 0 Å². The Morgan fingerprint density at radius 2 is 2.35 bits per heavy atom. The van der Waals surface area contributed by atoms with Crippen molar-refractivity contribution in [3.63, 3.8) is 0 Å². The number of carbonyl (C=O) groups is 1. The first-order valence-corrected chi connectivity index (χ1v) is 6.60. The van der Waals surface area contributed by atoms with Crippen molar-refractivity contribution in [2.24, 2.45) is 0 Å². The molecular formula is C13H16BrNO2. The van der Waals surface area contributed by atoms with Gasteiger partial charge in [0, 0.05) is 16.6 Å². The highest BCUT2D eigenvalue weighted by molar-refractivity contribution is 9.10. The summed E-state index contributed by atoms with van der Waals surface area (Å²) >= 11 is 3.51. The Hall–Kier alpha value is -0.870. The smallest absolute Gasteiger partial charge is 0.159 e. The van der Waals surface area contributed by atoms with E-state index in [1.165, 1.54) is 0 Å². The molecule has 0 aromatic heterocycles. The second-order valence-corrected chi connectivity index (χ2v) is 5.25. The van der Waals surface area contributed by atoms with E-state index in [0.29, 0.717) is 5.56 Å². The lowest BCUT2D eigenvalue weighted by atomic mass is 10.1. The molecule has 0 aliphatic carbocycles. The zero-order valence-electron chi connectivity index (χ0n) is 9.82. The predicted octanol–water partition coefficient (Wildman–Crippen LogP) is 2.61. The number of anilines is 1. The fourth-order valence-electron chi connectivity index (χ4n) is 2.30. The minimum Gasteiger partial charge on any atom is -0.394 e. The monoisotopic (exact) mass is 297 g/mol. The van der Waals surface area contributed by atoms with Crippen LogP contribution in [-0.4, -0.2) is 30.1 Å². The van der Waals surface area contributed by atoms with E-state index >= 15 is 0 Å². The van der Waals surface area contributed by atoms with Crippen molar-refractivity contribution in [1.82, 2.24) is 0 Å². The summed E-state index contributed by atoms with van der Waals surface area (Å²) in [6.45, 7) is 2.71. The summed E-state index contributed by atoms with van der Waals surface area (Å²) in [6, 6.07) is 5.85. The van der Waals surface area contributed by atoms with Gasteiger partial charge in [0.05, 0.1) is 18.3 Å². The van der Waals surface area contributed by atoms with Gasteiger partial charge in [-0.1, -0.05) is 0 Å². The average molecular weight is 298 g/mol. The van der Waals surface area contributed by atoms with Gasteiger partial charge in [-0.25, -0.2) is 0 Å². The molecule has 1 aliphatic heterocycles. The molecule has 17 heavy (non-hydrogen) atoms. The highest BCUT2D eigenvalue weighted by atomic mass is 79.9. The molecule has 1 heterocycles. The number of benzene rings is 1. The molecule has 2 rings (SSSR count). The van der Waals surface area contributed by atoms with Crippen LogP contribution in [-0.2, 0) is 0 Å². The Balaban J connectivity index is 2.30. The Morgan fingerprint density at radius 3 is 2.94 bits per heavy atom. The number of nitrogens with zero attached hydrogens (tertiary/aromatic N) is 1. The predicted molar refractivity (Wildman–Crippen MR) is 71.6 cm³/mol. The van der Waals surface area contributed by atoms with E-state index in [1.54, 1.807) is 6.92 Å². The van der Waals surface area contributed by atoms with Gasteiger partial charge in [-0.2, -0.15) is 0 Å². The summed E-state index contributed by atoms with van der Waals surface area (Å²) in [4.78, 5) is 13.5. The third-order valence-corrected chi connectivity index (χ3v) is 3.89. The maximum atomic E-state index is 11.3.